The molecule has 0 aromatic carbocycles. The Morgan fingerprint density at radius 1 is 1.44 bits per heavy atom. The molecule has 1 aromatic heterocycles. The van der Waals surface area contributed by atoms with Gasteiger partial charge in [0.25, 0.3) is 0 Å². The minimum atomic E-state index is 0.714. The summed E-state index contributed by atoms with van der Waals surface area (Å²) in [5, 5.41) is 8.07. The van der Waals surface area contributed by atoms with E-state index < -0.39 is 0 Å². The Kier molecular flexibility index (Phi) is 2.62. The van der Waals surface area contributed by atoms with Crippen LogP contribution in [0.25, 0.3) is 0 Å². The highest BCUT2D eigenvalue weighted by molar-refractivity contribution is 5.36. The van der Waals surface area contributed by atoms with Crippen molar-refractivity contribution in [3.8, 4) is 0 Å². The maximum Gasteiger partial charge on any atom is 0.124 e. The third-order valence-corrected chi connectivity index (χ3v) is 4.22. The smallest absolute Gasteiger partial charge is 0.124 e. The zero-order chi connectivity index (χ0) is 11.0. The number of nitrogens with zero attached hydrogens (tertiary/aromatic N) is 2. The van der Waals surface area contributed by atoms with Gasteiger partial charge in [-0.2, -0.15) is 5.10 Å². The van der Waals surface area contributed by atoms with Gasteiger partial charge in [-0.1, -0.05) is 13.3 Å². The molecule has 16 heavy (non-hydrogen) atoms. The molecule has 1 N–H and O–H groups in total. The molecule has 0 radical (unpaired) electrons. The molecule has 3 rings (SSSR count). The molecule has 2 fully saturated rings. The van der Waals surface area contributed by atoms with E-state index in [1.54, 1.807) is 0 Å². The molecule has 3 nitrogen and oxygen atoms in total. The van der Waals surface area contributed by atoms with Crippen LogP contribution >= 0.6 is 0 Å². The highest BCUT2D eigenvalue weighted by Gasteiger charge is 2.39. The number of hydrogen-bond donors (Lipinski definition) is 1. The first-order valence-electron chi connectivity index (χ1n) is 6.65. The number of rotatable bonds is 4. The summed E-state index contributed by atoms with van der Waals surface area (Å²) in [6, 6.07) is 2.83. The summed E-state index contributed by atoms with van der Waals surface area (Å²) in [4.78, 5) is 0. The topological polar surface area (TPSA) is 29.9 Å². The first-order chi connectivity index (χ1) is 7.86. The Morgan fingerprint density at radius 2 is 2.38 bits per heavy atom. The van der Waals surface area contributed by atoms with Gasteiger partial charge in [-0.05, 0) is 37.5 Å². The lowest BCUT2D eigenvalue weighted by Crippen LogP contribution is -2.27. The van der Waals surface area contributed by atoms with E-state index in [9.17, 15) is 0 Å². The average molecular weight is 219 g/mol. The van der Waals surface area contributed by atoms with Crippen LogP contribution in [0.5, 0.6) is 0 Å². The molecule has 88 valence electrons. The summed E-state index contributed by atoms with van der Waals surface area (Å²) in [7, 11) is 0. The van der Waals surface area contributed by atoms with Crippen molar-refractivity contribution in [2.24, 2.45) is 11.8 Å². The number of aromatic nitrogens is 2. The normalized spacial score (nSPS) is 32.2. The van der Waals surface area contributed by atoms with Crippen molar-refractivity contribution >= 4 is 5.82 Å². The average Bonchev–Trinajstić information content (AvgIpc) is 2.96. The van der Waals surface area contributed by atoms with E-state index in [0.29, 0.717) is 6.04 Å². The lowest BCUT2D eigenvalue weighted by molar-refractivity contribution is 0.436. The fraction of sp³-hybridized carbons (Fsp3) is 0.769. The highest BCUT2D eigenvalue weighted by Crippen LogP contribution is 2.45. The van der Waals surface area contributed by atoms with Gasteiger partial charge in [-0.15, -0.1) is 0 Å². The first-order valence-corrected chi connectivity index (χ1v) is 6.65. The fourth-order valence-corrected chi connectivity index (χ4v) is 3.46. The number of fused-ring (bicyclic) bond motifs is 2. The van der Waals surface area contributed by atoms with Crippen LogP contribution in [-0.2, 0) is 6.54 Å². The van der Waals surface area contributed by atoms with E-state index >= 15 is 0 Å². The summed E-state index contributed by atoms with van der Waals surface area (Å²) in [6.45, 7) is 3.22. The summed E-state index contributed by atoms with van der Waals surface area (Å²) < 4.78 is 2.10. The fourth-order valence-electron chi connectivity index (χ4n) is 3.46. The van der Waals surface area contributed by atoms with Gasteiger partial charge >= 0.3 is 0 Å². The summed E-state index contributed by atoms with van der Waals surface area (Å²) in [5.41, 5.74) is 0. The number of anilines is 1. The molecule has 1 aromatic rings. The largest absolute Gasteiger partial charge is 0.367 e. The minimum absolute atomic E-state index is 0.714. The van der Waals surface area contributed by atoms with Crippen molar-refractivity contribution in [2.75, 3.05) is 5.32 Å². The predicted octanol–water partition coefficient (Wildman–Crippen LogP) is 2.89. The second-order valence-electron chi connectivity index (χ2n) is 5.37. The third kappa shape index (κ3) is 1.72. The van der Waals surface area contributed by atoms with Crippen LogP contribution in [-0.4, -0.2) is 15.8 Å². The van der Waals surface area contributed by atoms with Crippen LogP contribution in [0, 0.1) is 11.8 Å². The van der Waals surface area contributed by atoms with E-state index in [1.165, 1.54) is 31.5 Å². The van der Waals surface area contributed by atoms with Crippen molar-refractivity contribution < 1.29 is 0 Å². The monoisotopic (exact) mass is 219 g/mol. The van der Waals surface area contributed by atoms with Crippen molar-refractivity contribution in [3.63, 3.8) is 0 Å². The molecule has 3 heteroatoms. The molecule has 2 saturated carbocycles. The minimum Gasteiger partial charge on any atom is -0.367 e. The van der Waals surface area contributed by atoms with Crippen LogP contribution in [0.4, 0.5) is 5.82 Å². The summed E-state index contributed by atoms with van der Waals surface area (Å²) in [5.74, 6) is 3.15. The number of hydrogen-bond acceptors (Lipinski definition) is 2. The Bertz CT molecular complexity index is 358. The van der Waals surface area contributed by atoms with Crippen molar-refractivity contribution in [3.05, 3.63) is 12.3 Å². The van der Waals surface area contributed by atoms with Crippen LogP contribution in [0.2, 0.25) is 0 Å². The Labute approximate surface area is 97.2 Å². The lowest BCUT2D eigenvalue weighted by Gasteiger charge is -2.24. The highest BCUT2D eigenvalue weighted by atomic mass is 15.3. The maximum absolute atomic E-state index is 4.36. The van der Waals surface area contributed by atoms with E-state index in [-0.39, 0.29) is 0 Å². The SMILES string of the molecule is CCCn1nccc1NC1CC2CCC1C2. The summed E-state index contributed by atoms with van der Waals surface area (Å²) in [6.07, 6.45) is 8.79. The first kappa shape index (κ1) is 10.2. The van der Waals surface area contributed by atoms with Gasteiger partial charge in [0.1, 0.15) is 5.82 Å². The van der Waals surface area contributed by atoms with Gasteiger partial charge < -0.3 is 5.32 Å². The van der Waals surface area contributed by atoms with E-state index in [2.05, 4.69) is 28.1 Å². The molecule has 1 heterocycles. The Morgan fingerprint density at radius 3 is 3.06 bits per heavy atom. The van der Waals surface area contributed by atoms with Gasteiger partial charge in [-0.25, -0.2) is 4.68 Å². The molecule has 0 saturated heterocycles. The van der Waals surface area contributed by atoms with Crippen LogP contribution < -0.4 is 5.32 Å². The molecular formula is C13H21N3. The van der Waals surface area contributed by atoms with Gasteiger partial charge in [0.2, 0.25) is 0 Å². The molecule has 2 aliphatic rings. The molecular weight excluding hydrogens is 198 g/mol. The zero-order valence-corrected chi connectivity index (χ0v) is 10.0. The number of aryl methyl sites for hydroxylation is 1. The second kappa shape index (κ2) is 4.11. The molecule has 2 aliphatic carbocycles. The van der Waals surface area contributed by atoms with Crippen molar-refractivity contribution in [1.82, 2.24) is 9.78 Å². The van der Waals surface area contributed by atoms with E-state index in [0.717, 1.165) is 24.8 Å². The molecule has 2 bridgehead atoms. The molecule has 3 unspecified atom stereocenters. The van der Waals surface area contributed by atoms with Gasteiger partial charge in [0, 0.05) is 18.7 Å². The van der Waals surface area contributed by atoms with Crippen LogP contribution in [0.15, 0.2) is 12.3 Å². The second-order valence-corrected chi connectivity index (χ2v) is 5.37. The maximum atomic E-state index is 4.36. The number of nitrogens with one attached hydrogen (secondary N) is 1. The molecule has 0 spiro atoms. The summed E-state index contributed by atoms with van der Waals surface area (Å²) >= 11 is 0. The Hall–Kier alpha value is -0.990. The zero-order valence-electron chi connectivity index (χ0n) is 10.0. The quantitative estimate of drug-likeness (QED) is 0.844. The van der Waals surface area contributed by atoms with Crippen LogP contribution in [0.3, 0.4) is 0 Å². The lowest BCUT2D eigenvalue weighted by atomic mass is 9.95. The molecule has 0 aliphatic heterocycles. The van der Waals surface area contributed by atoms with Gasteiger partial charge in [0.15, 0.2) is 0 Å². The van der Waals surface area contributed by atoms with E-state index in [1.807, 2.05) is 6.20 Å². The van der Waals surface area contributed by atoms with Crippen molar-refractivity contribution in [1.29, 1.82) is 0 Å². The standard InChI is InChI=1S/C13H21N3/c1-2-7-16-13(5-6-14-16)15-12-9-10-3-4-11(12)8-10/h5-6,10-12,15H,2-4,7-9H2,1H3. The molecule has 3 atom stereocenters. The van der Waals surface area contributed by atoms with E-state index in [4.69, 9.17) is 0 Å². The van der Waals surface area contributed by atoms with Crippen molar-refractivity contribution in [2.45, 2.75) is 51.6 Å². The predicted molar refractivity (Wildman–Crippen MR) is 65.4 cm³/mol. The Balaban J connectivity index is 1.67. The third-order valence-electron chi connectivity index (χ3n) is 4.22. The van der Waals surface area contributed by atoms with Gasteiger partial charge in [-0.3, -0.25) is 0 Å². The van der Waals surface area contributed by atoms with Gasteiger partial charge in [0.05, 0.1) is 6.20 Å². The van der Waals surface area contributed by atoms with Crippen LogP contribution in [0.1, 0.15) is 39.0 Å². The molecule has 0 amide bonds.